The first-order valence-corrected chi connectivity index (χ1v) is 7.83. The van der Waals surface area contributed by atoms with Crippen LogP contribution in [-0.4, -0.2) is 15.5 Å². The first kappa shape index (κ1) is 14.8. The number of anilines is 1. The number of hydrogen-bond donors (Lipinski definition) is 1. The molecule has 0 spiro atoms. The Balaban J connectivity index is 2.44. The molecule has 106 valence electrons. The number of rotatable bonds is 4. The van der Waals surface area contributed by atoms with Gasteiger partial charge in [-0.1, -0.05) is 18.2 Å². The second-order valence-electron chi connectivity index (χ2n) is 3.86. The highest BCUT2D eigenvalue weighted by atomic mass is 79.9. The van der Waals surface area contributed by atoms with Gasteiger partial charge in [0.15, 0.2) is 11.6 Å². The van der Waals surface area contributed by atoms with Crippen molar-refractivity contribution < 1.29 is 17.5 Å². The summed E-state index contributed by atoms with van der Waals surface area (Å²) in [6.07, 6.45) is 0. The van der Waals surface area contributed by atoms with Crippen LogP contribution in [0.25, 0.3) is 0 Å². The summed E-state index contributed by atoms with van der Waals surface area (Å²) < 4.78 is 45.7. The Kier molecular flexibility index (Phi) is 4.29. The number of sulfonamides is 1. The predicted molar refractivity (Wildman–Crippen MR) is 77.9 cm³/mol. The van der Waals surface area contributed by atoms with Gasteiger partial charge in [-0.05, 0) is 40.2 Å². The van der Waals surface area contributed by atoms with Gasteiger partial charge in [-0.2, -0.15) is 0 Å². The predicted octanol–water partition coefficient (Wildman–Crippen LogP) is 3.40. The van der Waals surface area contributed by atoms with E-state index >= 15 is 0 Å². The smallest absolute Gasteiger partial charge is 0.263 e. The largest absolute Gasteiger partial charge is 0.492 e. The molecule has 0 aliphatic carbocycles. The highest BCUT2D eigenvalue weighted by molar-refractivity contribution is 9.10. The van der Waals surface area contributed by atoms with Crippen molar-refractivity contribution in [2.75, 3.05) is 11.8 Å². The number of ether oxygens (including phenoxy) is 1. The third-order valence-corrected chi connectivity index (χ3v) is 4.92. The van der Waals surface area contributed by atoms with E-state index in [0.29, 0.717) is 4.47 Å². The van der Waals surface area contributed by atoms with Gasteiger partial charge in [0.2, 0.25) is 0 Å². The van der Waals surface area contributed by atoms with Crippen molar-refractivity contribution in [2.24, 2.45) is 0 Å². The van der Waals surface area contributed by atoms with Crippen LogP contribution in [0.5, 0.6) is 5.75 Å². The third kappa shape index (κ3) is 2.94. The molecule has 2 rings (SSSR count). The maximum absolute atomic E-state index is 13.5. The minimum absolute atomic E-state index is 0.0447. The molecule has 0 fully saturated rings. The van der Waals surface area contributed by atoms with Gasteiger partial charge in [-0.25, -0.2) is 12.8 Å². The fourth-order valence-corrected chi connectivity index (χ4v) is 3.73. The number of benzene rings is 2. The fourth-order valence-electron chi connectivity index (χ4n) is 1.66. The van der Waals surface area contributed by atoms with Gasteiger partial charge in [0.05, 0.1) is 12.8 Å². The summed E-state index contributed by atoms with van der Waals surface area (Å²) in [7, 11) is -2.56. The molecule has 2 aromatic carbocycles. The van der Waals surface area contributed by atoms with E-state index < -0.39 is 15.8 Å². The lowest BCUT2D eigenvalue weighted by Crippen LogP contribution is -2.14. The molecule has 0 unspecified atom stereocenters. The van der Waals surface area contributed by atoms with E-state index in [9.17, 15) is 12.8 Å². The topological polar surface area (TPSA) is 55.4 Å². The van der Waals surface area contributed by atoms with Crippen molar-refractivity contribution in [3.05, 3.63) is 52.8 Å². The molecule has 2 aromatic rings. The summed E-state index contributed by atoms with van der Waals surface area (Å²) in [4.78, 5) is 0.0614. The van der Waals surface area contributed by atoms with Gasteiger partial charge in [0.25, 0.3) is 10.0 Å². The molecule has 0 bridgehead atoms. The lowest BCUT2D eigenvalue weighted by atomic mass is 10.3. The molecule has 0 amide bonds. The zero-order chi connectivity index (χ0) is 14.8. The standard InChI is InChI=1S/C13H11BrFNO3S/c1-19-13-10(15)6-4-7-11(13)16-20(17,18)12-8-3-2-5-9(12)14/h2-8,16H,1H3. The molecule has 0 saturated heterocycles. The molecule has 20 heavy (non-hydrogen) atoms. The summed E-state index contributed by atoms with van der Waals surface area (Å²) in [5.41, 5.74) is 0.0447. The minimum Gasteiger partial charge on any atom is -0.492 e. The van der Waals surface area contributed by atoms with E-state index in [1.807, 2.05) is 0 Å². The van der Waals surface area contributed by atoms with E-state index in [4.69, 9.17) is 4.74 Å². The van der Waals surface area contributed by atoms with E-state index in [1.54, 1.807) is 18.2 Å². The molecule has 1 N–H and O–H groups in total. The SMILES string of the molecule is COc1c(F)cccc1NS(=O)(=O)c1ccccc1Br. The summed E-state index contributed by atoms with van der Waals surface area (Å²) in [6.45, 7) is 0. The van der Waals surface area contributed by atoms with Gasteiger partial charge in [0.1, 0.15) is 4.90 Å². The molecule has 0 atom stereocenters. The third-order valence-electron chi connectivity index (χ3n) is 2.54. The van der Waals surface area contributed by atoms with Crippen molar-refractivity contribution in [3.63, 3.8) is 0 Å². The van der Waals surface area contributed by atoms with Crippen molar-refractivity contribution in [3.8, 4) is 5.75 Å². The highest BCUT2D eigenvalue weighted by Gasteiger charge is 2.20. The number of nitrogens with one attached hydrogen (secondary N) is 1. The average molecular weight is 360 g/mol. The summed E-state index contributed by atoms with van der Waals surface area (Å²) in [5.74, 6) is -0.789. The molecule has 0 radical (unpaired) electrons. The van der Waals surface area contributed by atoms with Gasteiger partial charge >= 0.3 is 0 Å². The Morgan fingerprint density at radius 3 is 2.50 bits per heavy atom. The Bertz CT molecular complexity index is 734. The molecular weight excluding hydrogens is 349 g/mol. The van der Waals surface area contributed by atoms with Crippen LogP contribution in [-0.2, 0) is 10.0 Å². The first-order valence-electron chi connectivity index (χ1n) is 5.55. The second-order valence-corrected chi connectivity index (χ2v) is 6.36. The van der Waals surface area contributed by atoms with Crippen molar-refractivity contribution >= 4 is 31.6 Å². The lowest BCUT2D eigenvalue weighted by Gasteiger charge is -2.13. The van der Waals surface area contributed by atoms with E-state index in [0.717, 1.165) is 0 Å². The molecule has 4 nitrogen and oxygen atoms in total. The van der Waals surface area contributed by atoms with E-state index in [1.165, 1.54) is 31.4 Å². The molecule has 0 aliphatic rings. The Morgan fingerprint density at radius 2 is 1.85 bits per heavy atom. The maximum Gasteiger partial charge on any atom is 0.263 e. The zero-order valence-electron chi connectivity index (χ0n) is 10.4. The van der Waals surface area contributed by atoms with Crippen LogP contribution in [0, 0.1) is 5.82 Å². The molecule has 0 aromatic heterocycles. The van der Waals surface area contributed by atoms with Crippen LogP contribution in [0.2, 0.25) is 0 Å². The Labute approximate surface area is 124 Å². The normalized spacial score (nSPS) is 11.2. The highest BCUT2D eigenvalue weighted by Crippen LogP contribution is 2.30. The van der Waals surface area contributed by atoms with Gasteiger partial charge in [-0.3, -0.25) is 4.72 Å². The summed E-state index contributed by atoms with van der Waals surface area (Å²) in [6, 6.07) is 10.4. The molecule has 7 heteroatoms. The number of halogens is 2. The van der Waals surface area contributed by atoms with E-state index in [2.05, 4.69) is 20.7 Å². The van der Waals surface area contributed by atoms with Crippen LogP contribution < -0.4 is 9.46 Å². The number of methoxy groups -OCH3 is 1. The van der Waals surface area contributed by atoms with Crippen molar-refractivity contribution in [2.45, 2.75) is 4.90 Å². The lowest BCUT2D eigenvalue weighted by molar-refractivity contribution is 0.389. The Hall–Kier alpha value is -1.60. The summed E-state index contributed by atoms with van der Waals surface area (Å²) >= 11 is 3.17. The monoisotopic (exact) mass is 359 g/mol. The minimum atomic E-state index is -3.84. The first-order chi connectivity index (χ1) is 9.45. The second kappa shape index (κ2) is 5.80. The van der Waals surface area contributed by atoms with Crippen molar-refractivity contribution in [1.29, 1.82) is 0 Å². The molecule has 0 aliphatic heterocycles. The van der Waals surface area contributed by atoms with Crippen molar-refractivity contribution in [1.82, 2.24) is 0 Å². The van der Waals surface area contributed by atoms with E-state index in [-0.39, 0.29) is 16.3 Å². The van der Waals surface area contributed by atoms with Crippen LogP contribution >= 0.6 is 15.9 Å². The molecule has 0 heterocycles. The summed E-state index contributed by atoms with van der Waals surface area (Å²) in [5, 5.41) is 0. The zero-order valence-corrected chi connectivity index (χ0v) is 12.8. The molecular formula is C13H11BrFNO3S. The number of para-hydroxylation sites is 1. The fraction of sp³-hybridized carbons (Fsp3) is 0.0769. The van der Waals surface area contributed by atoms with Crippen LogP contribution in [0.15, 0.2) is 51.8 Å². The van der Waals surface area contributed by atoms with Crippen LogP contribution in [0.3, 0.4) is 0 Å². The average Bonchev–Trinajstić information content (AvgIpc) is 2.39. The van der Waals surface area contributed by atoms with Gasteiger partial charge in [0, 0.05) is 4.47 Å². The maximum atomic E-state index is 13.5. The quantitative estimate of drug-likeness (QED) is 0.909. The number of hydrogen-bond acceptors (Lipinski definition) is 3. The van der Waals surface area contributed by atoms with Crippen LogP contribution in [0.4, 0.5) is 10.1 Å². The Morgan fingerprint density at radius 1 is 1.15 bits per heavy atom. The molecule has 0 saturated carbocycles. The van der Waals surface area contributed by atoms with Gasteiger partial charge < -0.3 is 4.74 Å². The van der Waals surface area contributed by atoms with Gasteiger partial charge in [-0.15, -0.1) is 0 Å². The van der Waals surface area contributed by atoms with Crippen LogP contribution in [0.1, 0.15) is 0 Å².